The molecule has 140 heavy (non-hydrogen) atoms. The van der Waals surface area contributed by atoms with Crippen LogP contribution in [0.2, 0.25) is 0 Å². The molecular weight excluding hydrogens is 1780 g/mol. The largest absolute Gasteiger partial charge is 0.497 e. The van der Waals surface area contributed by atoms with Gasteiger partial charge in [-0.2, -0.15) is 23.1 Å². The van der Waals surface area contributed by atoms with Crippen LogP contribution in [0.3, 0.4) is 0 Å². The number of para-hydroxylation sites is 3. The highest BCUT2D eigenvalue weighted by Crippen LogP contribution is 2.49. The number of hydrogen-bond acceptors (Lipinski definition) is 24. The molecule has 4 saturated heterocycles. The highest BCUT2D eigenvalue weighted by molar-refractivity contribution is 6.14. The highest BCUT2D eigenvalue weighted by Gasteiger charge is 2.42. The zero-order valence-corrected chi connectivity index (χ0v) is 82.3. The van der Waals surface area contributed by atoms with Crippen LogP contribution in [0.15, 0.2) is 188 Å². The van der Waals surface area contributed by atoms with Crippen molar-refractivity contribution in [3.8, 4) is 34.5 Å². The Bertz CT molecular complexity index is 6460. The minimum Gasteiger partial charge on any atom is -0.497 e. The lowest BCUT2D eigenvalue weighted by atomic mass is 10.0. The fraction of sp³-hybridized carbons (Fsp3) is 0.355. The number of anilines is 16. The average molecular weight is 1900 g/mol. The Kier molecular flexibility index (Phi) is 29.4. The molecule has 0 atom stereocenters. The molecule has 9 aromatic carbocycles. The second-order valence-corrected chi connectivity index (χ2v) is 36.6. The number of alkyl halides is 3. The highest BCUT2D eigenvalue weighted by atomic mass is 19.4. The third kappa shape index (κ3) is 21.2. The van der Waals surface area contributed by atoms with Crippen LogP contribution < -0.4 is 83.2 Å². The van der Waals surface area contributed by atoms with Crippen molar-refractivity contribution in [2.45, 2.75) is 99.6 Å². The molecular formula is C107H122F3N21O9. The number of carbonyl (C=O) groups is 3. The average Bonchev–Trinajstić information content (AvgIpc) is 0.751. The molecule has 12 aromatic rings. The van der Waals surface area contributed by atoms with Gasteiger partial charge in [-0.25, -0.2) is 49.0 Å². The molecule has 10 heterocycles. The number of aromatic nitrogens is 6. The van der Waals surface area contributed by atoms with E-state index in [0.29, 0.717) is 112 Å². The van der Waals surface area contributed by atoms with Crippen LogP contribution in [0.4, 0.5) is 119 Å². The molecule has 0 radical (unpaired) electrons. The number of nitrogens with one attached hydrogen (secondary N) is 2. The minimum absolute atomic E-state index is 0.0458. The van der Waals surface area contributed by atoms with E-state index in [-0.39, 0.29) is 42.1 Å². The van der Waals surface area contributed by atoms with Crippen molar-refractivity contribution < 1.29 is 56.0 Å². The third-order valence-corrected chi connectivity index (χ3v) is 27.0. The number of piperazine rings is 3. The van der Waals surface area contributed by atoms with Crippen molar-refractivity contribution in [3.63, 3.8) is 0 Å². The number of benzene rings is 9. The lowest BCUT2D eigenvalue weighted by Crippen LogP contribution is -2.46. The number of fused-ring (bicyclic) bond motifs is 3. The van der Waals surface area contributed by atoms with Crippen LogP contribution in [0, 0.1) is 41.5 Å². The first-order valence-corrected chi connectivity index (χ1v) is 47.4. The lowest BCUT2D eigenvalue weighted by molar-refractivity contribution is -0.137. The Morgan fingerprint density at radius 1 is 0.357 bits per heavy atom. The summed E-state index contributed by atoms with van der Waals surface area (Å²) in [5.74, 6) is 5.68. The Balaban J connectivity index is 0.000000145. The standard InChI is InChI=1S/C39H47N7O3.C35H38F3N7O3.C33H37N7O3/c1-27-10-9-11-28(2)37(27)45-26-30-25-40-36(41-38(30)46(39(45)47)34-13-12-33(48-4)24-35(34)49-5)22-29-20-31(43-14-7-6-8-15-43)23-32(21-29)44-18-16-42(3)17-19-44;1-22-7-6-8-23(2)31(22)44-21-25-19-39-33(41-32(25)45(34(44)46)29-10-9-28(47-4)18-30(29)48-5)40-27-16-24(15-26(17-27)35(36,37)38)20-43-13-11-42(3)12-14-43;1-22-7-6-8-23(2)30(22)39-21-24-20-34-32(35-25-9-11-26(12-10-25)38-17-15-37(3)16-18-38)36-31(24)40(33(39)41)28-14-13-27(42-4)19-29(28)43-5/h9-13,20-21,23-25H,6-8,14-19,22,26H2,1-5H3;6-10,15-19H,11-14,20-21H2,1-5H3,(H,39,40,41);6-14,19-20H,15-18,21H2,1-5H3,(H,34,35,36). The normalized spacial score (nSPS) is 16.1. The molecule has 6 amide bonds. The van der Waals surface area contributed by atoms with E-state index in [0.717, 1.165) is 165 Å². The summed E-state index contributed by atoms with van der Waals surface area (Å²) in [5, 5.41) is 6.33. The number of piperidine rings is 1. The van der Waals surface area contributed by atoms with Gasteiger partial charge in [-0.1, -0.05) is 54.6 Å². The Morgan fingerprint density at radius 3 is 1.12 bits per heavy atom. The summed E-state index contributed by atoms with van der Waals surface area (Å²) in [6.45, 7) is 26.9. The van der Waals surface area contributed by atoms with Crippen LogP contribution in [0.25, 0.3) is 0 Å². The monoisotopic (exact) mass is 1900 g/mol. The number of likely N-dealkylation sites (N-methyl/N-ethyl adjacent to an activating group) is 3. The van der Waals surface area contributed by atoms with Gasteiger partial charge in [-0.05, 0) is 224 Å². The smallest absolute Gasteiger partial charge is 0.416 e. The van der Waals surface area contributed by atoms with Crippen molar-refractivity contribution in [1.82, 2.24) is 49.5 Å². The molecule has 0 unspecified atom stereocenters. The number of halogens is 3. The number of nitrogens with zero attached hydrogens (tertiary/aromatic N) is 19. The van der Waals surface area contributed by atoms with Crippen LogP contribution in [0.1, 0.15) is 91.8 Å². The zero-order chi connectivity index (χ0) is 98.3. The molecule has 0 saturated carbocycles. The predicted octanol–water partition coefficient (Wildman–Crippen LogP) is 19.5. The van der Waals surface area contributed by atoms with Gasteiger partial charge in [0.05, 0.1) is 102 Å². The van der Waals surface area contributed by atoms with Gasteiger partial charge in [-0.3, -0.25) is 19.6 Å². The summed E-state index contributed by atoms with van der Waals surface area (Å²) in [5.41, 5.74) is 18.1. The second-order valence-electron chi connectivity index (χ2n) is 36.6. The van der Waals surface area contributed by atoms with Crippen molar-refractivity contribution in [3.05, 3.63) is 261 Å². The van der Waals surface area contributed by atoms with E-state index >= 15 is 0 Å². The van der Waals surface area contributed by atoms with Gasteiger partial charge in [0, 0.05) is 187 Å². The fourth-order valence-electron chi connectivity index (χ4n) is 19.4. The van der Waals surface area contributed by atoms with Crippen molar-refractivity contribution in [1.29, 1.82) is 0 Å². The number of urea groups is 3. The molecule has 0 bridgehead atoms. The summed E-state index contributed by atoms with van der Waals surface area (Å²) < 4.78 is 75.6. The number of rotatable bonds is 23. The molecule has 7 aliphatic heterocycles. The molecule has 3 aromatic heterocycles. The van der Waals surface area contributed by atoms with Crippen LogP contribution >= 0.6 is 0 Å². The maximum atomic E-state index is 14.6. The lowest BCUT2D eigenvalue weighted by Gasteiger charge is -2.38. The first kappa shape index (κ1) is 97.1. The van der Waals surface area contributed by atoms with Gasteiger partial charge in [0.15, 0.2) is 11.6 Å². The van der Waals surface area contributed by atoms with Gasteiger partial charge >= 0.3 is 24.3 Å². The van der Waals surface area contributed by atoms with Gasteiger partial charge < -0.3 is 68.5 Å². The SMILES string of the molecule is COc1ccc(N2C(=O)N(c3c(C)cccc3C)Cc3cnc(Cc4cc(N5CCCCC5)cc(N5CCN(C)CC5)c4)nc32)c(OC)c1.COc1ccc(N2C(=O)N(c3c(C)cccc3C)Cc3cnc(Nc4cc(CN5CCN(C)CC5)cc(C(F)(F)F)c4)nc32)c(OC)c1.COc1ccc(N2C(=O)N(c3c(C)cccc3C)Cc3cnc(Nc4ccc(N5CCN(C)CC5)cc4)nc32)c(OC)c1. The van der Waals surface area contributed by atoms with Gasteiger partial charge in [0.2, 0.25) is 11.9 Å². The van der Waals surface area contributed by atoms with Crippen LogP contribution in [0.5, 0.6) is 34.5 Å². The molecule has 19 rings (SSSR count). The number of amides is 6. The second kappa shape index (κ2) is 42.4. The summed E-state index contributed by atoms with van der Waals surface area (Å²) >= 11 is 0. The van der Waals surface area contributed by atoms with E-state index < -0.39 is 11.7 Å². The summed E-state index contributed by atoms with van der Waals surface area (Å²) in [6.07, 6.45) is 5.02. The molecule has 730 valence electrons. The number of hydrogen-bond donors (Lipinski definition) is 2. The quantitative estimate of drug-likeness (QED) is 0.0604. The number of methoxy groups -OCH3 is 6. The molecule has 30 nitrogen and oxygen atoms in total. The molecule has 0 spiro atoms. The van der Waals surface area contributed by atoms with Gasteiger partial charge in [0.25, 0.3) is 0 Å². The Hall–Kier alpha value is -14.5. The van der Waals surface area contributed by atoms with E-state index in [4.69, 9.17) is 48.4 Å². The van der Waals surface area contributed by atoms with Gasteiger partial charge in [0.1, 0.15) is 46.1 Å². The van der Waals surface area contributed by atoms with E-state index in [1.165, 1.54) is 67.1 Å². The van der Waals surface area contributed by atoms with Crippen molar-refractivity contribution in [2.24, 2.45) is 0 Å². The van der Waals surface area contributed by atoms with Crippen molar-refractivity contribution in [2.75, 3.05) is 210 Å². The fourth-order valence-corrected chi connectivity index (χ4v) is 19.4. The molecule has 33 heteroatoms. The minimum atomic E-state index is -4.55. The summed E-state index contributed by atoms with van der Waals surface area (Å²) in [4.78, 5) is 98.8. The number of aryl methyl sites for hydroxylation is 6. The maximum Gasteiger partial charge on any atom is 0.416 e. The Morgan fingerprint density at radius 2 is 0.729 bits per heavy atom. The molecule has 0 aliphatic carbocycles. The first-order valence-electron chi connectivity index (χ1n) is 47.4. The number of carbonyl (C=O) groups excluding carboxylic acids is 3. The number of ether oxygens (including phenoxy) is 6. The molecule has 2 N–H and O–H groups in total. The van der Waals surface area contributed by atoms with E-state index in [1.54, 1.807) is 96.8 Å². The van der Waals surface area contributed by atoms with Crippen molar-refractivity contribution >= 4 is 110 Å². The summed E-state index contributed by atoms with van der Waals surface area (Å²) in [6, 6.07) is 52.4. The van der Waals surface area contributed by atoms with Crippen LogP contribution in [-0.4, -0.2) is 223 Å². The van der Waals surface area contributed by atoms with E-state index in [9.17, 15) is 27.6 Å². The molecule has 7 aliphatic rings. The zero-order valence-electron chi connectivity index (χ0n) is 82.3. The predicted molar refractivity (Wildman–Crippen MR) is 546 cm³/mol. The maximum absolute atomic E-state index is 14.6. The summed E-state index contributed by atoms with van der Waals surface area (Å²) in [7, 11) is 15.8. The Labute approximate surface area is 816 Å². The molecule has 4 fully saturated rings. The van der Waals surface area contributed by atoms with Gasteiger partial charge in [-0.15, -0.1) is 0 Å². The van der Waals surface area contributed by atoms with E-state index in [2.05, 4.69) is 99.3 Å². The first-order chi connectivity index (χ1) is 67.6. The third-order valence-electron chi connectivity index (χ3n) is 27.0. The van der Waals surface area contributed by atoms with Crippen LogP contribution in [-0.2, 0) is 38.8 Å². The topological polar surface area (TPSA) is 250 Å². The van der Waals surface area contributed by atoms with E-state index in [1.807, 2.05) is 151 Å².